The molecule has 158 valence electrons. The topological polar surface area (TPSA) is 55.9 Å². The number of urea groups is 2. The van der Waals surface area contributed by atoms with Gasteiger partial charge in [-0.1, -0.05) is 11.6 Å². The van der Waals surface area contributed by atoms with E-state index in [-0.39, 0.29) is 23.7 Å². The molecule has 29 heavy (non-hydrogen) atoms. The summed E-state index contributed by atoms with van der Waals surface area (Å²) in [5, 5.41) is 3.06. The molecule has 0 unspecified atom stereocenters. The molecule has 0 atom stereocenters. The maximum absolute atomic E-state index is 13.8. The van der Waals surface area contributed by atoms with Crippen molar-refractivity contribution >= 4 is 18.1 Å². The summed E-state index contributed by atoms with van der Waals surface area (Å²) in [5.41, 5.74) is 1.26. The largest absolute Gasteiger partial charge is 0.335 e. The van der Waals surface area contributed by atoms with Gasteiger partial charge in [-0.25, -0.2) is 18.4 Å². The minimum absolute atomic E-state index is 0.000132. The van der Waals surface area contributed by atoms with Crippen LogP contribution in [0, 0.1) is 11.6 Å². The van der Waals surface area contributed by atoms with Crippen molar-refractivity contribution in [2.24, 2.45) is 0 Å². The molecule has 1 aromatic rings. The van der Waals surface area contributed by atoms with Crippen molar-refractivity contribution in [2.45, 2.75) is 31.7 Å². The second-order valence-corrected chi connectivity index (χ2v) is 7.84. The SMILES string of the molecule is CN(C)C(=O)N1CCC(NC(=O)N2CCC(=Cc3cc(F)ccc3F)CC2)CC1. The standard InChI is InChI=1S/C21H28F2N4O2/c1-25(2)21(29)27-11-7-18(8-12-27)24-20(28)26-9-5-15(6-10-26)13-16-14-17(22)3-4-19(16)23/h3-4,13-14,18H,5-12H2,1-2H3,(H,24,28). The average molecular weight is 406 g/mol. The van der Waals surface area contributed by atoms with Gasteiger partial charge >= 0.3 is 12.1 Å². The highest BCUT2D eigenvalue weighted by molar-refractivity contribution is 5.75. The van der Waals surface area contributed by atoms with E-state index in [1.165, 1.54) is 6.07 Å². The number of carbonyl (C=O) groups is 2. The van der Waals surface area contributed by atoms with E-state index >= 15 is 0 Å². The number of nitrogens with one attached hydrogen (secondary N) is 1. The normalized spacial score (nSPS) is 17.9. The number of rotatable bonds is 2. The highest BCUT2D eigenvalue weighted by atomic mass is 19.1. The molecule has 3 rings (SSSR count). The van der Waals surface area contributed by atoms with Gasteiger partial charge in [0, 0.05) is 51.9 Å². The highest BCUT2D eigenvalue weighted by Crippen LogP contribution is 2.22. The molecule has 2 fully saturated rings. The third kappa shape index (κ3) is 5.46. The fourth-order valence-electron chi connectivity index (χ4n) is 3.75. The van der Waals surface area contributed by atoms with E-state index in [0.717, 1.165) is 30.5 Å². The van der Waals surface area contributed by atoms with E-state index in [4.69, 9.17) is 0 Å². The fourth-order valence-corrected chi connectivity index (χ4v) is 3.75. The Labute approximate surface area is 170 Å². The predicted molar refractivity (Wildman–Crippen MR) is 107 cm³/mol. The highest BCUT2D eigenvalue weighted by Gasteiger charge is 2.27. The molecule has 0 aliphatic carbocycles. The summed E-state index contributed by atoms with van der Waals surface area (Å²) in [6.45, 7) is 2.36. The summed E-state index contributed by atoms with van der Waals surface area (Å²) in [6, 6.07) is 3.38. The van der Waals surface area contributed by atoms with Crippen LogP contribution in [0.2, 0.25) is 0 Å². The van der Waals surface area contributed by atoms with Crippen molar-refractivity contribution in [3.05, 3.63) is 41.0 Å². The third-order valence-corrected chi connectivity index (χ3v) is 5.49. The molecule has 6 nitrogen and oxygen atoms in total. The summed E-state index contributed by atoms with van der Waals surface area (Å²) >= 11 is 0. The number of carbonyl (C=O) groups excluding carboxylic acids is 2. The quantitative estimate of drug-likeness (QED) is 0.819. The number of nitrogens with zero attached hydrogens (tertiary/aromatic N) is 3. The molecule has 4 amide bonds. The van der Waals surface area contributed by atoms with Crippen LogP contribution in [0.4, 0.5) is 18.4 Å². The fraction of sp³-hybridized carbons (Fsp3) is 0.524. The zero-order valence-corrected chi connectivity index (χ0v) is 17.0. The van der Waals surface area contributed by atoms with Crippen molar-refractivity contribution in [1.29, 1.82) is 0 Å². The monoisotopic (exact) mass is 406 g/mol. The third-order valence-electron chi connectivity index (χ3n) is 5.49. The summed E-state index contributed by atoms with van der Waals surface area (Å²) in [5.74, 6) is -0.911. The molecule has 1 aromatic carbocycles. The molecule has 2 aliphatic heterocycles. The van der Waals surface area contributed by atoms with Gasteiger partial charge in [-0.2, -0.15) is 0 Å². The summed E-state index contributed by atoms with van der Waals surface area (Å²) in [4.78, 5) is 29.7. The Kier molecular flexibility index (Phi) is 6.71. The van der Waals surface area contributed by atoms with E-state index in [1.54, 1.807) is 34.9 Å². The van der Waals surface area contributed by atoms with Crippen molar-refractivity contribution in [1.82, 2.24) is 20.0 Å². The van der Waals surface area contributed by atoms with Crippen LogP contribution in [0.1, 0.15) is 31.2 Å². The average Bonchev–Trinajstić information content (AvgIpc) is 2.71. The Morgan fingerprint density at radius 2 is 1.72 bits per heavy atom. The Morgan fingerprint density at radius 3 is 2.34 bits per heavy atom. The molecule has 0 bridgehead atoms. The van der Waals surface area contributed by atoms with E-state index in [0.29, 0.717) is 39.0 Å². The number of amides is 4. The van der Waals surface area contributed by atoms with Crippen LogP contribution in [-0.4, -0.2) is 73.1 Å². The van der Waals surface area contributed by atoms with Crippen molar-refractivity contribution in [2.75, 3.05) is 40.3 Å². The summed E-state index contributed by atoms with van der Waals surface area (Å²) in [7, 11) is 3.47. The van der Waals surface area contributed by atoms with E-state index in [9.17, 15) is 18.4 Å². The van der Waals surface area contributed by atoms with Crippen molar-refractivity contribution < 1.29 is 18.4 Å². The van der Waals surface area contributed by atoms with Gasteiger partial charge < -0.3 is 20.0 Å². The van der Waals surface area contributed by atoms with Crippen LogP contribution in [0.5, 0.6) is 0 Å². The summed E-state index contributed by atoms with van der Waals surface area (Å²) < 4.78 is 27.1. The van der Waals surface area contributed by atoms with Crippen LogP contribution in [0.3, 0.4) is 0 Å². The van der Waals surface area contributed by atoms with Gasteiger partial charge in [-0.3, -0.25) is 0 Å². The van der Waals surface area contributed by atoms with Gasteiger partial charge in [-0.05, 0) is 43.9 Å². The first-order chi connectivity index (χ1) is 13.8. The number of halogens is 2. The molecule has 0 saturated carbocycles. The Balaban J connectivity index is 1.46. The van der Waals surface area contributed by atoms with Crippen LogP contribution in [-0.2, 0) is 0 Å². The molecule has 2 aliphatic rings. The minimum atomic E-state index is -0.464. The van der Waals surface area contributed by atoms with Crippen LogP contribution >= 0.6 is 0 Å². The molecule has 0 spiro atoms. The second-order valence-electron chi connectivity index (χ2n) is 7.84. The van der Waals surface area contributed by atoms with Gasteiger partial charge in [-0.15, -0.1) is 0 Å². The smallest absolute Gasteiger partial charge is 0.319 e. The van der Waals surface area contributed by atoms with E-state index in [2.05, 4.69) is 5.32 Å². The Hall–Kier alpha value is -2.64. The van der Waals surface area contributed by atoms with Gasteiger partial charge in [0.05, 0.1) is 0 Å². The van der Waals surface area contributed by atoms with Gasteiger partial charge in [0.15, 0.2) is 0 Å². The lowest BCUT2D eigenvalue weighted by Gasteiger charge is -2.35. The predicted octanol–water partition coefficient (Wildman–Crippen LogP) is 3.30. The number of likely N-dealkylation sites (tertiary alicyclic amines) is 2. The lowest BCUT2D eigenvalue weighted by Crippen LogP contribution is -2.52. The molecule has 1 N–H and O–H groups in total. The zero-order valence-electron chi connectivity index (χ0n) is 17.0. The molecule has 2 saturated heterocycles. The molecule has 2 heterocycles. The first-order valence-electron chi connectivity index (χ1n) is 9.99. The molecule has 0 aromatic heterocycles. The molecule has 8 heteroatoms. The molecular weight excluding hydrogens is 378 g/mol. The number of hydrogen-bond donors (Lipinski definition) is 1. The van der Waals surface area contributed by atoms with Crippen LogP contribution in [0.15, 0.2) is 23.8 Å². The maximum Gasteiger partial charge on any atom is 0.319 e. The number of hydrogen-bond acceptors (Lipinski definition) is 2. The van der Waals surface area contributed by atoms with Gasteiger partial charge in [0.1, 0.15) is 11.6 Å². The molecule has 0 radical (unpaired) electrons. The number of piperidine rings is 2. The Morgan fingerprint density at radius 1 is 1.07 bits per heavy atom. The first kappa shape index (κ1) is 21.1. The second kappa shape index (κ2) is 9.24. The lowest BCUT2D eigenvalue weighted by molar-refractivity contribution is 0.149. The first-order valence-corrected chi connectivity index (χ1v) is 9.99. The van der Waals surface area contributed by atoms with Gasteiger partial charge in [0.25, 0.3) is 0 Å². The zero-order chi connectivity index (χ0) is 21.0. The van der Waals surface area contributed by atoms with Crippen molar-refractivity contribution in [3.8, 4) is 0 Å². The van der Waals surface area contributed by atoms with E-state index in [1.807, 2.05) is 0 Å². The van der Waals surface area contributed by atoms with E-state index < -0.39 is 11.6 Å². The molecular formula is C21H28F2N4O2. The number of benzene rings is 1. The lowest BCUT2D eigenvalue weighted by atomic mass is 10.0. The Bertz CT molecular complexity index is 779. The van der Waals surface area contributed by atoms with Crippen molar-refractivity contribution in [3.63, 3.8) is 0 Å². The summed E-state index contributed by atoms with van der Waals surface area (Å²) in [6.07, 6.45) is 4.44. The van der Waals surface area contributed by atoms with Crippen LogP contribution < -0.4 is 5.32 Å². The van der Waals surface area contributed by atoms with Crippen LogP contribution in [0.25, 0.3) is 6.08 Å². The van der Waals surface area contributed by atoms with Gasteiger partial charge in [0.2, 0.25) is 0 Å². The minimum Gasteiger partial charge on any atom is -0.335 e. The maximum atomic E-state index is 13.8.